The highest BCUT2D eigenvalue weighted by Gasteiger charge is 2.46. The molecule has 0 aromatic heterocycles. The number of piperidine rings is 3. The summed E-state index contributed by atoms with van der Waals surface area (Å²) >= 11 is 0. The lowest BCUT2D eigenvalue weighted by Gasteiger charge is -2.54. The predicted octanol–water partition coefficient (Wildman–Crippen LogP) is 3.90. The second-order valence-corrected chi connectivity index (χ2v) is 9.20. The van der Waals surface area contributed by atoms with E-state index < -0.39 is 5.97 Å². The van der Waals surface area contributed by atoms with Crippen LogP contribution in [-0.4, -0.2) is 60.6 Å². The molecule has 2 amide bonds. The van der Waals surface area contributed by atoms with Crippen molar-refractivity contribution in [3.63, 3.8) is 0 Å². The van der Waals surface area contributed by atoms with Crippen LogP contribution in [0, 0.1) is 11.8 Å². The van der Waals surface area contributed by atoms with E-state index in [0.29, 0.717) is 29.1 Å². The Morgan fingerprint density at radius 2 is 2.07 bits per heavy atom. The molecule has 30 heavy (non-hydrogen) atoms. The zero-order valence-corrected chi connectivity index (χ0v) is 17.7. The summed E-state index contributed by atoms with van der Waals surface area (Å²) in [5.74, 6) is 0.790. The van der Waals surface area contributed by atoms with Crippen LogP contribution in [0.4, 0.5) is 10.5 Å². The van der Waals surface area contributed by atoms with Crippen molar-refractivity contribution in [1.82, 2.24) is 9.80 Å². The number of hydrogen-bond acceptors (Lipinski definition) is 4. The fraction of sp³-hybridized carbons (Fsp3) is 0.583. The van der Waals surface area contributed by atoms with Gasteiger partial charge in [0.25, 0.3) is 0 Å². The van der Waals surface area contributed by atoms with Gasteiger partial charge in [-0.15, -0.1) is 0 Å². The van der Waals surface area contributed by atoms with Gasteiger partial charge in [0.15, 0.2) is 0 Å². The van der Waals surface area contributed by atoms with Crippen molar-refractivity contribution in [2.45, 2.75) is 50.6 Å². The number of nitrogens with one attached hydrogen (secondary N) is 1. The molecule has 0 spiro atoms. The third kappa shape index (κ3) is 3.51. The molecule has 6 nitrogen and oxygen atoms in total. The molecule has 6 heteroatoms. The lowest BCUT2D eigenvalue weighted by atomic mass is 9.68. The highest BCUT2D eigenvalue weighted by Crippen LogP contribution is 2.45. The summed E-state index contributed by atoms with van der Waals surface area (Å²) in [7, 11) is 1.36. The Labute approximate surface area is 178 Å². The normalized spacial score (nSPS) is 30.6. The molecule has 1 aromatic carbocycles. The summed E-state index contributed by atoms with van der Waals surface area (Å²) in [5.41, 5.74) is 2.55. The van der Waals surface area contributed by atoms with Gasteiger partial charge in [-0.2, -0.15) is 0 Å². The van der Waals surface area contributed by atoms with Crippen LogP contribution >= 0.6 is 0 Å². The molecule has 0 radical (unpaired) electrons. The molecule has 2 bridgehead atoms. The largest absolute Gasteiger partial charge is 0.465 e. The molecule has 3 saturated heterocycles. The van der Waals surface area contributed by atoms with Crippen molar-refractivity contribution in [3.05, 3.63) is 41.5 Å². The van der Waals surface area contributed by atoms with Gasteiger partial charge in [-0.05, 0) is 68.7 Å². The number of fused-ring (bicyclic) bond motifs is 6. The first-order valence-electron chi connectivity index (χ1n) is 11.3. The fourth-order valence-electron chi connectivity index (χ4n) is 6.24. The van der Waals surface area contributed by atoms with E-state index in [4.69, 9.17) is 4.74 Å². The van der Waals surface area contributed by atoms with Gasteiger partial charge in [-0.1, -0.05) is 24.1 Å². The van der Waals surface area contributed by atoms with Crippen LogP contribution in [0.1, 0.15) is 48.9 Å². The lowest BCUT2D eigenvalue weighted by molar-refractivity contribution is 0.00908. The number of amides is 2. The van der Waals surface area contributed by atoms with Crippen molar-refractivity contribution in [2.24, 2.45) is 11.8 Å². The van der Waals surface area contributed by atoms with Gasteiger partial charge in [0.1, 0.15) is 0 Å². The van der Waals surface area contributed by atoms with E-state index in [0.717, 1.165) is 25.9 Å². The number of benzene rings is 1. The molecular formula is C24H31N3O3. The second-order valence-electron chi connectivity index (χ2n) is 9.20. The van der Waals surface area contributed by atoms with Crippen molar-refractivity contribution < 1.29 is 14.3 Å². The molecule has 1 aromatic rings. The van der Waals surface area contributed by atoms with E-state index in [2.05, 4.69) is 16.3 Å². The van der Waals surface area contributed by atoms with Crippen LogP contribution in [0.3, 0.4) is 0 Å². The summed E-state index contributed by atoms with van der Waals surface area (Å²) in [6.07, 6.45) is 9.86. The fourth-order valence-corrected chi connectivity index (χ4v) is 6.24. The zero-order valence-electron chi connectivity index (χ0n) is 17.7. The quantitative estimate of drug-likeness (QED) is 0.594. The first kappa shape index (κ1) is 19.6. The van der Waals surface area contributed by atoms with Gasteiger partial charge < -0.3 is 15.0 Å². The number of carbonyl (C=O) groups is 2. The SMILES string of the molecule is COC(=O)c1cccc(NC(=O)N2CCCC3=C[C@@H]4C[C@@H](CN5CCCC[C@H]45)[C@@H]32)c1. The van der Waals surface area contributed by atoms with Crippen LogP contribution in [-0.2, 0) is 4.74 Å². The molecule has 5 rings (SSSR count). The van der Waals surface area contributed by atoms with Gasteiger partial charge >= 0.3 is 12.0 Å². The van der Waals surface area contributed by atoms with Crippen LogP contribution in [0.15, 0.2) is 35.9 Å². The van der Waals surface area contributed by atoms with Gasteiger partial charge in [0, 0.05) is 24.8 Å². The van der Waals surface area contributed by atoms with Crippen molar-refractivity contribution in [1.29, 1.82) is 0 Å². The maximum atomic E-state index is 13.3. The third-order valence-electron chi connectivity index (χ3n) is 7.45. The molecule has 4 aliphatic rings. The second kappa shape index (κ2) is 8.06. The molecule has 0 saturated carbocycles. The maximum absolute atomic E-state index is 13.3. The molecule has 1 N–H and O–H groups in total. The average molecular weight is 410 g/mol. The molecule has 1 aliphatic carbocycles. The summed E-state index contributed by atoms with van der Waals surface area (Å²) in [6.45, 7) is 3.11. The molecular weight excluding hydrogens is 378 g/mol. The first-order valence-corrected chi connectivity index (χ1v) is 11.3. The standard InChI is InChI=1S/C24H31N3O3/c1-30-23(28)17-6-4-8-20(14-17)25-24(29)27-11-5-7-16-12-18-13-19(22(16)27)15-26-10-3-2-9-21(18)26/h4,6,8,12,14,18-19,21-22H,2-3,5,7,9-11,13,15H2,1H3,(H,25,29)/t18-,19+,21-,22-/m1/s1. The minimum absolute atomic E-state index is 0.0631. The van der Waals surface area contributed by atoms with E-state index in [1.807, 2.05) is 11.0 Å². The van der Waals surface area contributed by atoms with Crippen LogP contribution in [0.2, 0.25) is 0 Å². The molecule has 3 aliphatic heterocycles. The highest BCUT2D eigenvalue weighted by atomic mass is 16.5. The highest BCUT2D eigenvalue weighted by molar-refractivity contribution is 5.94. The van der Waals surface area contributed by atoms with E-state index >= 15 is 0 Å². The van der Waals surface area contributed by atoms with Gasteiger partial charge in [0.2, 0.25) is 0 Å². The summed E-state index contributed by atoms with van der Waals surface area (Å²) in [6, 6.07) is 7.83. The Bertz CT molecular complexity index is 867. The number of methoxy groups -OCH3 is 1. The number of anilines is 1. The Morgan fingerprint density at radius 3 is 2.93 bits per heavy atom. The number of carbonyl (C=O) groups excluding carboxylic acids is 2. The monoisotopic (exact) mass is 409 g/mol. The molecule has 160 valence electrons. The van der Waals surface area contributed by atoms with Crippen LogP contribution in [0.25, 0.3) is 0 Å². The van der Waals surface area contributed by atoms with Crippen LogP contribution < -0.4 is 5.32 Å². The number of nitrogens with zero attached hydrogens (tertiary/aromatic N) is 2. The van der Waals surface area contributed by atoms with Gasteiger partial charge in [-0.3, -0.25) is 4.90 Å². The number of esters is 1. The average Bonchev–Trinajstić information content (AvgIpc) is 2.78. The van der Waals surface area contributed by atoms with Gasteiger partial charge in [-0.25, -0.2) is 9.59 Å². The number of ether oxygens (including phenoxy) is 1. The Kier molecular flexibility index (Phi) is 5.27. The van der Waals surface area contributed by atoms with E-state index in [9.17, 15) is 9.59 Å². The Balaban J connectivity index is 1.36. The number of hydrogen-bond donors (Lipinski definition) is 1. The van der Waals surface area contributed by atoms with Crippen molar-refractivity contribution >= 4 is 17.7 Å². The first-order chi connectivity index (χ1) is 14.6. The third-order valence-corrected chi connectivity index (χ3v) is 7.45. The van der Waals surface area contributed by atoms with Crippen LogP contribution in [0.5, 0.6) is 0 Å². The van der Waals surface area contributed by atoms with E-state index in [-0.39, 0.29) is 12.1 Å². The number of urea groups is 1. The summed E-state index contributed by atoms with van der Waals surface area (Å²) < 4.78 is 4.80. The molecule has 4 atom stereocenters. The number of likely N-dealkylation sites (tertiary alicyclic amines) is 1. The van der Waals surface area contributed by atoms with Crippen molar-refractivity contribution in [3.8, 4) is 0 Å². The molecule has 3 fully saturated rings. The van der Waals surface area contributed by atoms with Gasteiger partial charge in [0.05, 0.1) is 18.7 Å². The number of rotatable bonds is 2. The lowest BCUT2D eigenvalue weighted by Crippen LogP contribution is -2.60. The summed E-state index contributed by atoms with van der Waals surface area (Å²) in [4.78, 5) is 29.8. The van der Waals surface area contributed by atoms with E-state index in [1.54, 1.807) is 18.2 Å². The summed E-state index contributed by atoms with van der Waals surface area (Å²) in [5, 5.41) is 3.03. The molecule has 3 heterocycles. The zero-order chi connectivity index (χ0) is 20.7. The topological polar surface area (TPSA) is 61.9 Å². The predicted molar refractivity (Wildman–Crippen MR) is 115 cm³/mol. The Hall–Kier alpha value is -2.34. The minimum atomic E-state index is -0.397. The Morgan fingerprint density at radius 1 is 1.17 bits per heavy atom. The smallest absolute Gasteiger partial charge is 0.337 e. The van der Waals surface area contributed by atoms with Crippen molar-refractivity contribution in [2.75, 3.05) is 32.1 Å². The molecule has 0 unspecified atom stereocenters. The maximum Gasteiger partial charge on any atom is 0.337 e. The minimum Gasteiger partial charge on any atom is -0.465 e. The van der Waals surface area contributed by atoms with E-state index in [1.165, 1.54) is 44.9 Å².